The molecule has 1 unspecified atom stereocenters. The maximum atomic E-state index is 11.7. The number of fused-ring (bicyclic) bond motifs is 1. The van der Waals surface area contributed by atoms with Crippen molar-refractivity contribution in [2.45, 2.75) is 11.8 Å². The standard InChI is InChI=1S/C6H8N6O3S/c1-15-3-12-6(13)11-2-8-5(16(7)14)4(11)9-10-12/h2H,3,7H2,1H3. The average molecular weight is 244 g/mol. The summed E-state index contributed by atoms with van der Waals surface area (Å²) in [6.45, 7) is -0.0268. The monoisotopic (exact) mass is 244 g/mol. The molecule has 10 heteroatoms. The molecule has 2 rings (SSSR count). The zero-order chi connectivity index (χ0) is 11.7. The van der Waals surface area contributed by atoms with E-state index in [1.165, 1.54) is 13.4 Å². The lowest BCUT2D eigenvalue weighted by atomic mass is 10.8. The van der Waals surface area contributed by atoms with E-state index in [0.717, 1.165) is 9.08 Å². The van der Waals surface area contributed by atoms with E-state index in [1.807, 2.05) is 0 Å². The first-order valence-electron chi connectivity index (χ1n) is 4.11. The quantitative estimate of drug-likeness (QED) is 0.659. The van der Waals surface area contributed by atoms with Crippen LogP contribution in [0.4, 0.5) is 0 Å². The second kappa shape index (κ2) is 4.08. The highest BCUT2D eigenvalue weighted by atomic mass is 32.2. The molecule has 2 N–H and O–H groups in total. The number of hydrogen-bond acceptors (Lipinski definition) is 6. The molecular weight excluding hydrogens is 236 g/mol. The second-order valence-corrected chi connectivity index (χ2v) is 3.81. The van der Waals surface area contributed by atoms with Crippen molar-refractivity contribution in [3.05, 3.63) is 16.8 Å². The summed E-state index contributed by atoms with van der Waals surface area (Å²) in [5.41, 5.74) is -0.408. The molecule has 0 aliphatic rings. The topological polar surface area (TPSA) is 117 Å². The molecule has 0 aromatic carbocycles. The SMILES string of the molecule is COCn1nnc2c(S(N)=O)ncn2c1=O. The first kappa shape index (κ1) is 10.9. The van der Waals surface area contributed by atoms with Crippen LogP contribution in [0.25, 0.3) is 5.65 Å². The van der Waals surface area contributed by atoms with Gasteiger partial charge in [-0.3, -0.25) is 0 Å². The van der Waals surface area contributed by atoms with E-state index in [4.69, 9.17) is 9.88 Å². The number of nitrogens with two attached hydrogens (primary N) is 1. The van der Waals surface area contributed by atoms with Gasteiger partial charge in [0.2, 0.25) is 5.65 Å². The molecule has 9 nitrogen and oxygen atoms in total. The maximum absolute atomic E-state index is 11.7. The van der Waals surface area contributed by atoms with Crippen molar-refractivity contribution in [1.29, 1.82) is 0 Å². The van der Waals surface area contributed by atoms with Crippen molar-refractivity contribution in [1.82, 2.24) is 24.4 Å². The van der Waals surface area contributed by atoms with Crippen LogP contribution in [0.3, 0.4) is 0 Å². The summed E-state index contributed by atoms with van der Waals surface area (Å²) in [5.74, 6) is 0. The molecule has 0 spiro atoms. The molecule has 0 fully saturated rings. The maximum Gasteiger partial charge on any atom is 0.355 e. The van der Waals surface area contributed by atoms with Crippen molar-refractivity contribution in [3.8, 4) is 0 Å². The second-order valence-electron chi connectivity index (χ2n) is 2.83. The van der Waals surface area contributed by atoms with Crippen LogP contribution in [0.2, 0.25) is 0 Å². The summed E-state index contributed by atoms with van der Waals surface area (Å²) in [6, 6.07) is 0. The van der Waals surface area contributed by atoms with Crippen molar-refractivity contribution in [2.75, 3.05) is 7.11 Å². The van der Waals surface area contributed by atoms with Gasteiger partial charge in [-0.25, -0.2) is 23.5 Å². The number of methoxy groups -OCH3 is 1. The number of nitrogens with zero attached hydrogens (tertiary/aromatic N) is 5. The third-order valence-corrected chi connectivity index (χ3v) is 2.50. The largest absolute Gasteiger partial charge is 0.362 e. The normalized spacial score (nSPS) is 13.1. The van der Waals surface area contributed by atoms with Gasteiger partial charge < -0.3 is 4.74 Å². The molecule has 1 atom stereocenters. The molecule has 86 valence electrons. The molecule has 2 heterocycles. The summed E-state index contributed by atoms with van der Waals surface area (Å²) in [7, 11) is -0.382. The Morgan fingerprint density at radius 3 is 3.00 bits per heavy atom. The fourth-order valence-corrected chi connectivity index (χ4v) is 1.63. The van der Waals surface area contributed by atoms with E-state index < -0.39 is 16.7 Å². The highest BCUT2D eigenvalue weighted by Gasteiger charge is 2.13. The van der Waals surface area contributed by atoms with Gasteiger partial charge in [-0.2, -0.15) is 4.68 Å². The van der Waals surface area contributed by atoms with Crippen LogP contribution in [-0.4, -0.2) is 35.7 Å². The zero-order valence-corrected chi connectivity index (χ0v) is 9.05. The molecule has 0 saturated carbocycles. The third-order valence-electron chi connectivity index (χ3n) is 1.83. The minimum absolute atomic E-state index is 0.0224. The summed E-state index contributed by atoms with van der Waals surface area (Å²) in [5, 5.41) is 12.5. The van der Waals surface area contributed by atoms with Crippen molar-refractivity contribution in [3.63, 3.8) is 0 Å². The molecule has 0 bridgehead atoms. The van der Waals surface area contributed by atoms with Crippen molar-refractivity contribution in [2.24, 2.45) is 5.14 Å². The highest BCUT2D eigenvalue weighted by molar-refractivity contribution is 7.82. The molecular formula is C6H8N6O3S. The van der Waals surface area contributed by atoms with E-state index >= 15 is 0 Å². The fraction of sp³-hybridized carbons (Fsp3) is 0.333. The lowest BCUT2D eigenvalue weighted by molar-refractivity contribution is 0.111. The Morgan fingerprint density at radius 2 is 2.38 bits per heavy atom. The zero-order valence-electron chi connectivity index (χ0n) is 8.23. The summed E-state index contributed by atoms with van der Waals surface area (Å²) < 4.78 is 17.9. The third kappa shape index (κ3) is 1.62. The Kier molecular flexibility index (Phi) is 2.77. The van der Waals surface area contributed by atoms with Gasteiger partial charge >= 0.3 is 5.69 Å². The van der Waals surface area contributed by atoms with Gasteiger partial charge in [-0.05, 0) is 0 Å². The average Bonchev–Trinajstić information content (AvgIpc) is 2.67. The van der Waals surface area contributed by atoms with Crippen LogP contribution >= 0.6 is 0 Å². The molecule has 0 saturated heterocycles. The van der Waals surface area contributed by atoms with Crippen LogP contribution in [0.5, 0.6) is 0 Å². The van der Waals surface area contributed by atoms with Crippen LogP contribution in [0.1, 0.15) is 0 Å². The van der Waals surface area contributed by atoms with Gasteiger partial charge in [0.25, 0.3) is 0 Å². The first-order chi connectivity index (χ1) is 7.65. The van der Waals surface area contributed by atoms with Gasteiger partial charge in [0.15, 0.2) is 5.03 Å². The van der Waals surface area contributed by atoms with Gasteiger partial charge in [0.1, 0.15) is 24.0 Å². The Balaban J connectivity index is 2.69. The summed E-state index contributed by atoms with van der Waals surface area (Å²) in [4.78, 5) is 15.5. The Labute approximate surface area is 91.4 Å². The predicted octanol–water partition coefficient (Wildman–Crippen LogP) is -2.13. The molecule has 0 amide bonds. The van der Waals surface area contributed by atoms with E-state index in [2.05, 4.69) is 15.3 Å². The van der Waals surface area contributed by atoms with Crippen LogP contribution in [0, 0.1) is 0 Å². The van der Waals surface area contributed by atoms with Gasteiger partial charge in [0, 0.05) is 7.11 Å². The summed E-state index contributed by atoms with van der Waals surface area (Å²) in [6.07, 6.45) is 1.19. The minimum atomic E-state index is -1.80. The van der Waals surface area contributed by atoms with E-state index in [-0.39, 0.29) is 17.4 Å². The highest BCUT2D eigenvalue weighted by Crippen LogP contribution is 2.04. The number of hydrogen-bond donors (Lipinski definition) is 1. The van der Waals surface area contributed by atoms with E-state index in [1.54, 1.807) is 0 Å². The first-order valence-corrected chi connectivity index (χ1v) is 5.32. The summed E-state index contributed by atoms with van der Waals surface area (Å²) >= 11 is 0. The Morgan fingerprint density at radius 1 is 1.62 bits per heavy atom. The number of ether oxygens (including phenoxy) is 1. The van der Waals surface area contributed by atoms with Crippen LogP contribution < -0.4 is 10.8 Å². The lowest BCUT2D eigenvalue weighted by Gasteiger charge is -2.01. The fourth-order valence-electron chi connectivity index (χ4n) is 1.16. The van der Waals surface area contributed by atoms with Gasteiger partial charge in [0.05, 0.1) is 0 Å². The number of imidazole rings is 1. The Bertz CT molecular complexity index is 604. The van der Waals surface area contributed by atoms with E-state index in [9.17, 15) is 9.00 Å². The van der Waals surface area contributed by atoms with Gasteiger partial charge in [-0.1, -0.05) is 5.21 Å². The Hall–Kier alpha value is -1.65. The molecule has 16 heavy (non-hydrogen) atoms. The number of rotatable bonds is 3. The van der Waals surface area contributed by atoms with Crippen LogP contribution in [-0.2, 0) is 22.5 Å². The smallest absolute Gasteiger partial charge is 0.355 e. The molecule has 0 aliphatic carbocycles. The van der Waals surface area contributed by atoms with Crippen LogP contribution in [0.15, 0.2) is 16.1 Å². The molecule has 0 aliphatic heterocycles. The molecule has 0 radical (unpaired) electrons. The van der Waals surface area contributed by atoms with Crippen molar-refractivity contribution >= 4 is 16.6 Å². The van der Waals surface area contributed by atoms with Crippen molar-refractivity contribution < 1.29 is 8.95 Å². The van der Waals surface area contributed by atoms with Gasteiger partial charge in [-0.15, -0.1) is 5.10 Å². The predicted molar refractivity (Wildman–Crippen MR) is 52.6 cm³/mol. The number of aromatic nitrogens is 5. The molecule has 2 aromatic heterocycles. The minimum Gasteiger partial charge on any atom is -0.362 e. The lowest BCUT2D eigenvalue weighted by Crippen LogP contribution is -2.30. The van der Waals surface area contributed by atoms with E-state index in [0.29, 0.717) is 0 Å². The molecule has 2 aromatic rings.